The van der Waals surface area contributed by atoms with Crippen molar-refractivity contribution < 1.29 is 5.11 Å². The zero-order chi connectivity index (χ0) is 21.7. The maximum absolute atomic E-state index is 12.7. The van der Waals surface area contributed by atoms with E-state index in [-0.39, 0.29) is 0 Å². The van der Waals surface area contributed by atoms with Crippen LogP contribution >= 0.6 is 46.9 Å². The fourth-order valence-corrected chi connectivity index (χ4v) is 9.15. The minimum atomic E-state index is -1.12. The van der Waals surface area contributed by atoms with Gasteiger partial charge in [-0.15, -0.1) is 29.4 Å². The van der Waals surface area contributed by atoms with E-state index in [1.54, 1.807) is 11.8 Å². The summed E-state index contributed by atoms with van der Waals surface area (Å²) in [5.41, 5.74) is 0.810. The molecule has 2 aliphatic heterocycles. The van der Waals surface area contributed by atoms with Crippen LogP contribution in [0, 0.1) is 11.8 Å². The van der Waals surface area contributed by atoms with E-state index in [4.69, 9.17) is 11.6 Å². The molecular formula is C25H28ClNOS3. The van der Waals surface area contributed by atoms with Gasteiger partial charge in [0, 0.05) is 32.4 Å². The number of hydrogen-bond acceptors (Lipinski definition) is 5. The summed E-state index contributed by atoms with van der Waals surface area (Å²) in [6.07, 6.45) is 3.87. The summed E-state index contributed by atoms with van der Waals surface area (Å²) in [5.74, 6) is 8.70. The highest BCUT2D eigenvalue weighted by Crippen LogP contribution is 2.63. The Morgan fingerprint density at radius 3 is 2.65 bits per heavy atom. The van der Waals surface area contributed by atoms with Gasteiger partial charge in [0.05, 0.1) is 10.6 Å². The molecule has 2 nitrogen and oxygen atoms in total. The Morgan fingerprint density at radius 1 is 1.06 bits per heavy atom. The Balaban J connectivity index is 1.73. The van der Waals surface area contributed by atoms with Gasteiger partial charge in [0.25, 0.3) is 0 Å². The van der Waals surface area contributed by atoms with Crippen LogP contribution in [0.1, 0.15) is 43.7 Å². The van der Waals surface area contributed by atoms with Gasteiger partial charge in [-0.05, 0) is 61.6 Å². The van der Waals surface area contributed by atoms with Crippen LogP contribution < -0.4 is 5.32 Å². The highest BCUT2D eigenvalue weighted by molar-refractivity contribution is 8.18. The third kappa shape index (κ3) is 4.67. The standard InChI is InChI=1S/C25H28ClNOS3/c1-2-14-27-15-7-3-6-13-24(29-16-8-17-30-24)25(28)20-9-4-5-10-22(20)31-23-12-11-19(26)18-21(23)25/h4-5,9-12,18,27-28H,2,6,8,13-17H2,1H3. The summed E-state index contributed by atoms with van der Waals surface area (Å²) >= 11 is 12.0. The molecule has 0 aliphatic carbocycles. The molecule has 0 amide bonds. The third-order valence-electron chi connectivity index (χ3n) is 5.68. The first kappa shape index (κ1) is 23.4. The minimum absolute atomic E-state index is 0.396. The van der Waals surface area contributed by atoms with Gasteiger partial charge >= 0.3 is 0 Å². The normalized spacial score (nSPS) is 21.5. The topological polar surface area (TPSA) is 32.3 Å². The van der Waals surface area contributed by atoms with Gasteiger partial charge in [-0.3, -0.25) is 0 Å². The Bertz CT molecular complexity index is 980. The number of hydrogen-bond donors (Lipinski definition) is 2. The Morgan fingerprint density at radius 2 is 1.84 bits per heavy atom. The first-order valence-corrected chi connectivity index (χ1v) is 14.0. The van der Waals surface area contributed by atoms with Crippen LogP contribution in [0.5, 0.6) is 0 Å². The smallest absolute Gasteiger partial charge is 0.141 e. The van der Waals surface area contributed by atoms with Crippen molar-refractivity contribution in [1.29, 1.82) is 0 Å². The maximum atomic E-state index is 12.7. The zero-order valence-corrected chi connectivity index (χ0v) is 21.0. The molecule has 6 heteroatoms. The summed E-state index contributed by atoms with van der Waals surface area (Å²) in [6, 6.07) is 14.2. The fourth-order valence-electron chi connectivity index (χ4n) is 4.22. The zero-order valence-electron chi connectivity index (χ0n) is 17.7. The highest BCUT2D eigenvalue weighted by Gasteiger charge is 2.57. The molecule has 0 spiro atoms. The lowest BCUT2D eigenvalue weighted by molar-refractivity contribution is 0.0579. The molecule has 0 saturated carbocycles. The second-order valence-corrected chi connectivity index (χ2v) is 12.3. The van der Waals surface area contributed by atoms with E-state index in [0.29, 0.717) is 5.02 Å². The molecule has 1 atom stereocenters. The maximum Gasteiger partial charge on any atom is 0.141 e. The third-order valence-corrected chi connectivity index (χ3v) is 10.7. The Hall–Kier alpha value is -0.740. The van der Waals surface area contributed by atoms with Gasteiger partial charge in [0.2, 0.25) is 0 Å². The highest BCUT2D eigenvalue weighted by atomic mass is 35.5. The molecule has 164 valence electrons. The lowest BCUT2D eigenvalue weighted by atomic mass is 9.80. The van der Waals surface area contributed by atoms with Crippen LogP contribution in [0.3, 0.4) is 0 Å². The first-order valence-electron chi connectivity index (χ1n) is 10.8. The number of benzene rings is 2. The molecule has 0 radical (unpaired) electrons. The van der Waals surface area contributed by atoms with E-state index in [2.05, 4.69) is 42.3 Å². The number of rotatable bonds is 6. The van der Waals surface area contributed by atoms with Crippen molar-refractivity contribution in [2.75, 3.05) is 24.6 Å². The van der Waals surface area contributed by atoms with Crippen LogP contribution in [-0.4, -0.2) is 33.8 Å². The van der Waals surface area contributed by atoms with Crippen LogP contribution in [0.15, 0.2) is 52.3 Å². The number of halogens is 1. The molecule has 0 bridgehead atoms. The summed E-state index contributed by atoms with van der Waals surface area (Å²) < 4.78 is -0.396. The van der Waals surface area contributed by atoms with Crippen molar-refractivity contribution in [3.8, 4) is 11.8 Å². The molecule has 2 aromatic carbocycles. The van der Waals surface area contributed by atoms with Crippen LogP contribution in [-0.2, 0) is 5.60 Å². The minimum Gasteiger partial charge on any atom is -0.378 e. The van der Waals surface area contributed by atoms with E-state index in [1.165, 1.54) is 6.42 Å². The monoisotopic (exact) mass is 489 g/mol. The molecule has 1 fully saturated rings. The van der Waals surface area contributed by atoms with Crippen molar-refractivity contribution in [3.63, 3.8) is 0 Å². The number of fused-ring (bicyclic) bond motifs is 2. The summed E-state index contributed by atoms with van der Waals surface area (Å²) in [5, 5.41) is 16.7. The number of thioether (sulfide) groups is 2. The largest absolute Gasteiger partial charge is 0.378 e. The quantitative estimate of drug-likeness (QED) is 0.362. The molecule has 2 aromatic rings. The number of aliphatic hydroxyl groups is 1. The molecule has 2 N–H and O–H groups in total. The van der Waals surface area contributed by atoms with Crippen molar-refractivity contribution in [3.05, 3.63) is 58.6 Å². The molecule has 4 rings (SSSR count). The first-order chi connectivity index (χ1) is 15.1. The SMILES string of the molecule is CCCNCC#CCCC1(C2(O)c3ccccc3Sc3ccc(Cl)cc32)SCCCS1. The second-order valence-electron chi connectivity index (χ2n) is 7.78. The van der Waals surface area contributed by atoms with Gasteiger partial charge in [0.15, 0.2) is 0 Å². The Labute approximate surface area is 203 Å². The van der Waals surface area contributed by atoms with Gasteiger partial charge < -0.3 is 10.4 Å². The van der Waals surface area contributed by atoms with E-state index < -0.39 is 9.68 Å². The summed E-state index contributed by atoms with van der Waals surface area (Å²) in [6.45, 7) is 3.88. The van der Waals surface area contributed by atoms with Crippen molar-refractivity contribution >= 4 is 46.9 Å². The molecule has 0 aromatic heterocycles. The van der Waals surface area contributed by atoms with Gasteiger partial charge in [0.1, 0.15) is 5.60 Å². The van der Waals surface area contributed by atoms with Crippen LogP contribution in [0.2, 0.25) is 5.02 Å². The predicted molar refractivity (Wildman–Crippen MR) is 137 cm³/mol. The van der Waals surface area contributed by atoms with E-state index >= 15 is 0 Å². The predicted octanol–water partition coefficient (Wildman–Crippen LogP) is 6.39. The Kier molecular flexibility index (Phi) is 7.90. The molecule has 1 unspecified atom stereocenters. The van der Waals surface area contributed by atoms with Crippen molar-refractivity contribution in [2.24, 2.45) is 0 Å². The molecule has 2 heterocycles. The summed E-state index contributed by atoms with van der Waals surface area (Å²) in [4.78, 5) is 2.22. The van der Waals surface area contributed by atoms with Crippen molar-refractivity contribution in [1.82, 2.24) is 5.32 Å². The molecule has 31 heavy (non-hydrogen) atoms. The van der Waals surface area contributed by atoms with Gasteiger partial charge in [-0.25, -0.2) is 0 Å². The molecule has 1 saturated heterocycles. The van der Waals surface area contributed by atoms with Crippen LogP contribution in [0.25, 0.3) is 0 Å². The van der Waals surface area contributed by atoms with E-state index in [9.17, 15) is 5.11 Å². The molecule has 2 aliphatic rings. The second kappa shape index (κ2) is 10.5. The number of nitrogens with one attached hydrogen (secondary N) is 1. The molecular weight excluding hydrogens is 462 g/mol. The van der Waals surface area contributed by atoms with E-state index in [1.807, 2.05) is 47.8 Å². The van der Waals surface area contributed by atoms with E-state index in [0.717, 1.165) is 64.8 Å². The average Bonchev–Trinajstić information content (AvgIpc) is 2.80. The fraction of sp³-hybridized carbons (Fsp3) is 0.440. The van der Waals surface area contributed by atoms with Crippen LogP contribution in [0.4, 0.5) is 0 Å². The lowest BCUT2D eigenvalue weighted by Crippen LogP contribution is -2.51. The van der Waals surface area contributed by atoms with Crippen molar-refractivity contribution in [2.45, 2.75) is 52.1 Å². The summed E-state index contributed by atoms with van der Waals surface area (Å²) in [7, 11) is 0. The van der Waals surface area contributed by atoms with Gasteiger partial charge in [-0.2, -0.15) is 0 Å². The van der Waals surface area contributed by atoms with Gasteiger partial charge in [-0.1, -0.05) is 54.4 Å². The lowest BCUT2D eigenvalue weighted by Gasteiger charge is -2.51. The average molecular weight is 490 g/mol.